The number of ketones is 1. The number of thioether (sulfide) groups is 1. The summed E-state index contributed by atoms with van der Waals surface area (Å²) in [7, 11) is 0. The molecule has 1 aromatic carbocycles. The quantitative estimate of drug-likeness (QED) is 0.810. The number of benzene rings is 1. The highest BCUT2D eigenvalue weighted by Gasteiger charge is 2.28. The zero-order chi connectivity index (χ0) is 14.2. The zero-order valence-corrected chi connectivity index (χ0v) is 12.7. The fraction of sp³-hybridized carbons (Fsp3) is 0.438. The van der Waals surface area contributed by atoms with Gasteiger partial charge in [-0.2, -0.15) is 11.8 Å². The van der Waals surface area contributed by atoms with Crippen LogP contribution in [0.25, 0.3) is 11.0 Å². The van der Waals surface area contributed by atoms with Crippen LogP contribution in [0.5, 0.6) is 0 Å². The Morgan fingerprint density at radius 1 is 1.40 bits per heavy atom. The summed E-state index contributed by atoms with van der Waals surface area (Å²) in [6, 6.07) is 7.70. The van der Waals surface area contributed by atoms with E-state index in [1.807, 2.05) is 36.0 Å². The summed E-state index contributed by atoms with van der Waals surface area (Å²) in [5.74, 6) is 1.24. The minimum atomic E-state index is 0.151. The number of para-hydroxylation sites is 1. The van der Waals surface area contributed by atoms with Crippen LogP contribution in [0.4, 0.5) is 0 Å². The van der Waals surface area contributed by atoms with Crippen molar-refractivity contribution in [2.45, 2.75) is 18.6 Å². The fourth-order valence-electron chi connectivity index (χ4n) is 2.73. The molecule has 0 radical (unpaired) electrons. The molecular weight excluding hydrogens is 270 g/mol. The van der Waals surface area contributed by atoms with Crippen molar-refractivity contribution < 1.29 is 9.21 Å². The van der Waals surface area contributed by atoms with Crippen LogP contribution in [0, 0.1) is 0 Å². The fourth-order valence-corrected chi connectivity index (χ4v) is 3.91. The lowest BCUT2D eigenvalue weighted by Crippen LogP contribution is -2.45. The molecule has 20 heavy (non-hydrogen) atoms. The van der Waals surface area contributed by atoms with E-state index in [0.717, 1.165) is 29.8 Å². The Labute approximate surface area is 123 Å². The van der Waals surface area contributed by atoms with Crippen LogP contribution in [-0.2, 0) is 0 Å². The standard InChI is InChI=1S/C16H19NO2S/c1-16(2)11-17(7-8-20-16)9-14(18)13-10-19-15-6-4-3-5-12(13)15/h3-6,10H,7-9,11H2,1-2H3. The highest BCUT2D eigenvalue weighted by atomic mass is 32.2. The molecule has 0 N–H and O–H groups in total. The van der Waals surface area contributed by atoms with Crippen LogP contribution in [0.1, 0.15) is 24.2 Å². The van der Waals surface area contributed by atoms with Gasteiger partial charge in [0.1, 0.15) is 11.8 Å². The smallest absolute Gasteiger partial charge is 0.180 e. The van der Waals surface area contributed by atoms with Crippen LogP contribution in [-0.4, -0.2) is 40.8 Å². The summed E-state index contributed by atoms with van der Waals surface area (Å²) in [6.07, 6.45) is 1.59. The highest BCUT2D eigenvalue weighted by molar-refractivity contribution is 8.00. The van der Waals surface area contributed by atoms with Gasteiger partial charge in [0.25, 0.3) is 0 Å². The van der Waals surface area contributed by atoms with Gasteiger partial charge in [-0.05, 0) is 19.9 Å². The van der Waals surface area contributed by atoms with E-state index >= 15 is 0 Å². The Bertz CT molecular complexity index is 632. The number of carbonyl (C=O) groups excluding carboxylic acids is 1. The van der Waals surface area contributed by atoms with E-state index < -0.39 is 0 Å². The third kappa shape index (κ3) is 2.76. The van der Waals surface area contributed by atoms with Crippen molar-refractivity contribution in [2.75, 3.05) is 25.4 Å². The van der Waals surface area contributed by atoms with Gasteiger partial charge in [0.05, 0.1) is 12.1 Å². The minimum absolute atomic E-state index is 0.151. The first-order valence-corrected chi connectivity index (χ1v) is 7.89. The molecule has 3 nitrogen and oxygen atoms in total. The second-order valence-corrected chi connectivity index (χ2v) is 7.69. The van der Waals surface area contributed by atoms with Gasteiger partial charge < -0.3 is 4.42 Å². The molecule has 0 spiro atoms. The van der Waals surface area contributed by atoms with Crippen molar-refractivity contribution in [1.82, 2.24) is 4.90 Å². The van der Waals surface area contributed by atoms with E-state index in [-0.39, 0.29) is 10.5 Å². The van der Waals surface area contributed by atoms with Crippen LogP contribution in [0.3, 0.4) is 0 Å². The van der Waals surface area contributed by atoms with Gasteiger partial charge in [0.2, 0.25) is 0 Å². The first kappa shape index (κ1) is 13.7. The lowest BCUT2D eigenvalue weighted by Gasteiger charge is -2.37. The van der Waals surface area contributed by atoms with E-state index in [4.69, 9.17) is 4.42 Å². The topological polar surface area (TPSA) is 33.5 Å². The number of fused-ring (bicyclic) bond motifs is 1. The van der Waals surface area contributed by atoms with Crippen molar-refractivity contribution in [3.8, 4) is 0 Å². The average molecular weight is 289 g/mol. The summed E-state index contributed by atoms with van der Waals surface area (Å²) in [4.78, 5) is 14.7. The van der Waals surface area contributed by atoms with Crippen molar-refractivity contribution in [2.24, 2.45) is 0 Å². The summed E-state index contributed by atoms with van der Waals surface area (Å²) in [5.41, 5.74) is 1.49. The van der Waals surface area contributed by atoms with Gasteiger partial charge in [0.15, 0.2) is 5.78 Å². The molecule has 1 aromatic heterocycles. The van der Waals surface area contributed by atoms with E-state index in [1.54, 1.807) is 6.26 Å². The summed E-state index contributed by atoms with van der Waals surface area (Å²) < 4.78 is 5.69. The molecule has 106 valence electrons. The van der Waals surface area contributed by atoms with Crippen LogP contribution in [0.15, 0.2) is 34.9 Å². The number of hydrogen-bond acceptors (Lipinski definition) is 4. The second kappa shape index (κ2) is 5.26. The average Bonchev–Trinajstić information content (AvgIpc) is 2.81. The van der Waals surface area contributed by atoms with E-state index in [2.05, 4.69) is 18.7 Å². The van der Waals surface area contributed by atoms with Crippen LogP contribution < -0.4 is 0 Å². The number of rotatable bonds is 3. The zero-order valence-electron chi connectivity index (χ0n) is 11.9. The summed E-state index contributed by atoms with van der Waals surface area (Å²) in [5, 5.41) is 0.920. The molecule has 0 unspecified atom stereocenters. The van der Waals surface area contributed by atoms with Crippen molar-refractivity contribution in [3.05, 3.63) is 36.1 Å². The molecule has 1 aliphatic rings. The molecule has 4 heteroatoms. The van der Waals surface area contributed by atoms with Gasteiger partial charge >= 0.3 is 0 Å². The largest absolute Gasteiger partial charge is 0.464 e. The van der Waals surface area contributed by atoms with Gasteiger partial charge in [0, 0.05) is 29.0 Å². The SMILES string of the molecule is CC1(C)CN(CC(=O)c2coc3ccccc23)CCS1. The van der Waals surface area contributed by atoms with Crippen LogP contribution >= 0.6 is 11.8 Å². The molecule has 0 atom stereocenters. The van der Waals surface area contributed by atoms with E-state index in [0.29, 0.717) is 12.1 Å². The predicted octanol–water partition coefficient (Wildman–Crippen LogP) is 3.44. The molecule has 3 rings (SSSR count). The molecule has 0 saturated carbocycles. The molecule has 0 bridgehead atoms. The number of carbonyl (C=O) groups is 1. The molecule has 1 aliphatic heterocycles. The minimum Gasteiger partial charge on any atom is -0.464 e. The first-order chi connectivity index (χ1) is 9.55. The van der Waals surface area contributed by atoms with Gasteiger partial charge in [-0.1, -0.05) is 18.2 Å². The molecule has 1 fully saturated rings. The first-order valence-electron chi connectivity index (χ1n) is 6.91. The number of nitrogens with zero attached hydrogens (tertiary/aromatic N) is 1. The normalized spacial score (nSPS) is 19.3. The molecule has 2 aromatic rings. The maximum absolute atomic E-state index is 12.5. The van der Waals surface area contributed by atoms with Crippen molar-refractivity contribution >= 4 is 28.5 Å². The van der Waals surface area contributed by atoms with Gasteiger partial charge in [-0.3, -0.25) is 9.69 Å². The van der Waals surface area contributed by atoms with Crippen molar-refractivity contribution in [1.29, 1.82) is 0 Å². The Morgan fingerprint density at radius 3 is 3.00 bits per heavy atom. The molecule has 0 aliphatic carbocycles. The van der Waals surface area contributed by atoms with Gasteiger partial charge in [-0.15, -0.1) is 0 Å². The molecule has 0 amide bonds. The Hall–Kier alpha value is -1.26. The Kier molecular flexibility index (Phi) is 3.61. The summed E-state index contributed by atoms with van der Waals surface area (Å²) in [6.45, 7) is 6.89. The lowest BCUT2D eigenvalue weighted by atomic mass is 10.1. The lowest BCUT2D eigenvalue weighted by molar-refractivity contribution is 0.0928. The van der Waals surface area contributed by atoms with E-state index in [1.165, 1.54) is 0 Å². The Morgan fingerprint density at radius 2 is 2.20 bits per heavy atom. The maximum Gasteiger partial charge on any atom is 0.180 e. The predicted molar refractivity (Wildman–Crippen MR) is 83.5 cm³/mol. The van der Waals surface area contributed by atoms with Crippen LogP contribution in [0.2, 0.25) is 0 Å². The molecular formula is C16H19NO2S. The highest BCUT2D eigenvalue weighted by Crippen LogP contribution is 2.29. The second-order valence-electron chi connectivity index (χ2n) is 5.89. The summed E-state index contributed by atoms with van der Waals surface area (Å²) >= 11 is 1.98. The maximum atomic E-state index is 12.5. The number of Topliss-reactive ketones (excluding diaryl/α,β-unsaturated/α-hetero) is 1. The monoisotopic (exact) mass is 289 g/mol. The van der Waals surface area contributed by atoms with Crippen molar-refractivity contribution in [3.63, 3.8) is 0 Å². The molecule has 2 heterocycles. The third-order valence-corrected chi connectivity index (χ3v) is 4.95. The Balaban J connectivity index is 1.76. The molecule has 1 saturated heterocycles. The van der Waals surface area contributed by atoms with Gasteiger partial charge in [-0.25, -0.2) is 0 Å². The number of furan rings is 1. The van der Waals surface area contributed by atoms with E-state index in [9.17, 15) is 4.79 Å². The third-order valence-electron chi connectivity index (χ3n) is 3.65. The number of hydrogen-bond donors (Lipinski definition) is 0.